The monoisotopic (exact) mass is 432 g/mol. The summed E-state index contributed by atoms with van der Waals surface area (Å²) in [5.74, 6) is 2.33. The van der Waals surface area contributed by atoms with E-state index in [1.54, 1.807) is 23.7 Å². The number of nitrogens with one attached hydrogen (secondary N) is 1. The van der Waals surface area contributed by atoms with E-state index in [9.17, 15) is 4.79 Å². The predicted molar refractivity (Wildman–Crippen MR) is 110 cm³/mol. The van der Waals surface area contributed by atoms with E-state index in [0.29, 0.717) is 36.4 Å². The van der Waals surface area contributed by atoms with Crippen LogP contribution in [0, 0.1) is 5.92 Å². The van der Waals surface area contributed by atoms with Crippen molar-refractivity contribution in [2.45, 2.75) is 25.8 Å². The number of hydrogen-bond donors (Lipinski definition) is 2. The van der Waals surface area contributed by atoms with E-state index in [1.165, 1.54) is 0 Å². The Balaban J connectivity index is 0.000000806. The van der Waals surface area contributed by atoms with Crippen LogP contribution in [-0.2, 0) is 22.6 Å². The van der Waals surface area contributed by atoms with Crippen LogP contribution in [0.1, 0.15) is 23.6 Å². The van der Waals surface area contributed by atoms with Gasteiger partial charge in [-0.3, -0.25) is 14.5 Å². The number of furan rings is 1. The lowest BCUT2D eigenvalue weighted by Gasteiger charge is -2.30. The first-order valence-corrected chi connectivity index (χ1v) is 10.5. The first-order valence-electron chi connectivity index (χ1n) is 9.63. The van der Waals surface area contributed by atoms with Gasteiger partial charge in [-0.25, -0.2) is 0 Å². The van der Waals surface area contributed by atoms with E-state index in [-0.39, 0.29) is 12.4 Å². The van der Waals surface area contributed by atoms with Crippen LogP contribution >= 0.6 is 11.3 Å². The highest BCUT2D eigenvalue weighted by molar-refractivity contribution is 7.10. The number of carboxylic acid groups (broad SMARTS) is 1. The molecule has 1 fully saturated rings. The number of hydrogen-bond acceptors (Lipinski definition) is 8. The van der Waals surface area contributed by atoms with Crippen molar-refractivity contribution in [3.63, 3.8) is 0 Å². The van der Waals surface area contributed by atoms with Gasteiger partial charge in [0.15, 0.2) is 5.76 Å². The van der Waals surface area contributed by atoms with Gasteiger partial charge >= 0.3 is 0 Å². The minimum atomic E-state index is -0.250. The third kappa shape index (κ3) is 6.53. The van der Waals surface area contributed by atoms with Gasteiger partial charge < -0.3 is 19.4 Å². The van der Waals surface area contributed by atoms with Crippen molar-refractivity contribution in [3.8, 4) is 11.6 Å². The minimum Gasteiger partial charge on any atom is -0.483 e. The standard InChI is InChI=1S/C19H22N4O3S.CH2O2/c24-17(11-15-3-2-10-27-15)20-12-14-5-7-23(8-6-14)13-18-21-19(22-26-18)16-4-1-9-25-16;2-1-3/h1-4,9-10,14H,5-8,11-13H2,(H,20,24);1H,(H,2,3). The van der Waals surface area contributed by atoms with Crippen molar-refractivity contribution in [1.29, 1.82) is 0 Å². The molecule has 2 N–H and O–H groups in total. The maximum Gasteiger partial charge on any atom is 0.290 e. The van der Waals surface area contributed by atoms with Crippen LogP contribution in [0.15, 0.2) is 44.8 Å². The zero-order valence-electron chi connectivity index (χ0n) is 16.4. The van der Waals surface area contributed by atoms with Gasteiger partial charge in [0.05, 0.1) is 19.2 Å². The van der Waals surface area contributed by atoms with Crippen LogP contribution in [0.4, 0.5) is 0 Å². The lowest BCUT2D eigenvalue weighted by Crippen LogP contribution is -2.38. The zero-order chi connectivity index (χ0) is 21.2. The number of aromatic nitrogens is 2. The molecule has 160 valence electrons. The van der Waals surface area contributed by atoms with Crippen LogP contribution < -0.4 is 5.32 Å². The van der Waals surface area contributed by atoms with Crippen LogP contribution in [0.3, 0.4) is 0 Å². The summed E-state index contributed by atoms with van der Waals surface area (Å²) in [6.45, 7) is 3.07. The molecule has 0 atom stereocenters. The Labute approximate surface area is 177 Å². The molecule has 0 aromatic carbocycles. The molecule has 0 aliphatic carbocycles. The topological polar surface area (TPSA) is 122 Å². The number of nitrogens with zero attached hydrogens (tertiary/aromatic N) is 3. The van der Waals surface area contributed by atoms with Crippen LogP contribution in [-0.4, -0.2) is 52.2 Å². The molecule has 4 rings (SSSR count). The molecule has 0 bridgehead atoms. The maximum atomic E-state index is 12.0. The molecule has 0 unspecified atom stereocenters. The van der Waals surface area contributed by atoms with E-state index in [4.69, 9.17) is 18.8 Å². The summed E-state index contributed by atoms with van der Waals surface area (Å²) in [6, 6.07) is 7.59. The third-order valence-electron chi connectivity index (χ3n) is 4.78. The van der Waals surface area contributed by atoms with E-state index >= 15 is 0 Å². The molecule has 0 saturated carbocycles. The van der Waals surface area contributed by atoms with Gasteiger partial charge in [0.1, 0.15) is 0 Å². The molecule has 1 aliphatic heterocycles. The van der Waals surface area contributed by atoms with Crippen LogP contribution in [0.25, 0.3) is 11.6 Å². The molecule has 3 aromatic rings. The first-order chi connectivity index (χ1) is 14.7. The molecule has 1 saturated heterocycles. The number of thiophene rings is 1. The number of amides is 1. The van der Waals surface area contributed by atoms with Gasteiger partial charge in [-0.15, -0.1) is 11.3 Å². The van der Waals surface area contributed by atoms with E-state index in [2.05, 4.69) is 20.4 Å². The van der Waals surface area contributed by atoms with Gasteiger partial charge in [-0.1, -0.05) is 11.2 Å². The molecular formula is C20H24N4O5S. The van der Waals surface area contributed by atoms with Crippen LogP contribution in [0.5, 0.6) is 0 Å². The summed E-state index contributed by atoms with van der Waals surface area (Å²) in [7, 11) is 0. The molecule has 10 heteroatoms. The molecular weight excluding hydrogens is 408 g/mol. The largest absolute Gasteiger partial charge is 0.483 e. The Hall–Kier alpha value is -2.98. The second-order valence-corrected chi connectivity index (χ2v) is 7.91. The lowest BCUT2D eigenvalue weighted by atomic mass is 9.97. The smallest absolute Gasteiger partial charge is 0.290 e. The van der Waals surface area contributed by atoms with Crippen molar-refractivity contribution < 1.29 is 23.6 Å². The van der Waals surface area contributed by atoms with Gasteiger partial charge in [-0.05, 0) is 55.4 Å². The van der Waals surface area contributed by atoms with Crippen molar-refractivity contribution >= 4 is 23.7 Å². The van der Waals surface area contributed by atoms with E-state index in [0.717, 1.165) is 37.4 Å². The number of likely N-dealkylation sites (tertiary alicyclic amines) is 1. The Bertz CT molecular complexity index is 886. The van der Waals surface area contributed by atoms with Gasteiger partial charge in [0, 0.05) is 11.4 Å². The Morgan fingerprint density at radius 2 is 2.13 bits per heavy atom. The molecule has 0 spiro atoms. The highest BCUT2D eigenvalue weighted by atomic mass is 32.1. The highest BCUT2D eigenvalue weighted by Crippen LogP contribution is 2.20. The summed E-state index contributed by atoms with van der Waals surface area (Å²) in [5.41, 5.74) is 0. The summed E-state index contributed by atoms with van der Waals surface area (Å²) < 4.78 is 10.6. The molecule has 1 amide bonds. The SMILES string of the molecule is O=C(Cc1cccs1)NCC1CCN(Cc2nc(-c3ccco3)no2)CC1.O=CO. The highest BCUT2D eigenvalue weighted by Gasteiger charge is 2.22. The number of carbonyl (C=O) groups is 2. The Morgan fingerprint density at radius 3 is 2.80 bits per heavy atom. The fourth-order valence-electron chi connectivity index (χ4n) is 3.26. The molecule has 4 heterocycles. The summed E-state index contributed by atoms with van der Waals surface area (Å²) in [5, 5.41) is 15.9. The van der Waals surface area contributed by atoms with E-state index < -0.39 is 0 Å². The number of piperidine rings is 1. The Kier molecular flexibility index (Phi) is 8.16. The fourth-order valence-corrected chi connectivity index (χ4v) is 3.96. The molecule has 30 heavy (non-hydrogen) atoms. The quantitative estimate of drug-likeness (QED) is 0.547. The maximum absolute atomic E-state index is 12.0. The first kappa shape index (κ1) is 21.7. The second-order valence-electron chi connectivity index (χ2n) is 6.87. The lowest BCUT2D eigenvalue weighted by molar-refractivity contribution is -0.123. The average Bonchev–Trinajstić information content (AvgIpc) is 3.51. The van der Waals surface area contributed by atoms with Gasteiger partial charge in [-0.2, -0.15) is 4.98 Å². The number of rotatable bonds is 7. The molecule has 0 radical (unpaired) electrons. The van der Waals surface area contributed by atoms with Gasteiger partial charge in [0.25, 0.3) is 6.47 Å². The predicted octanol–water partition coefficient (Wildman–Crippen LogP) is 2.66. The second kappa shape index (κ2) is 11.3. The van der Waals surface area contributed by atoms with Crippen molar-refractivity contribution in [3.05, 3.63) is 46.7 Å². The molecule has 1 aliphatic rings. The fraction of sp³-hybridized carbons (Fsp3) is 0.400. The zero-order valence-corrected chi connectivity index (χ0v) is 17.2. The van der Waals surface area contributed by atoms with Gasteiger partial charge in [0.2, 0.25) is 17.6 Å². The van der Waals surface area contributed by atoms with E-state index in [1.807, 2.05) is 23.6 Å². The van der Waals surface area contributed by atoms with Crippen molar-refractivity contribution in [2.75, 3.05) is 19.6 Å². The third-order valence-corrected chi connectivity index (χ3v) is 5.65. The molecule has 3 aromatic heterocycles. The normalized spacial score (nSPS) is 14.7. The average molecular weight is 433 g/mol. The summed E-state index contributed by atoms with van der Waals surface area (Å²) >= 11 is 1.62. The minimum absolute atomic E-state index is 0.108. The number of carbonyl (C=O) groups excluding carboxylic acids is 1. The molecule has 9 nitrogen and oxygen atoms in total. The van der Waals surface area contributed by atoms with Crippen molar-refractivity contribution in [2.24, 2.45) is 5.92 Å². The van der Waals surface area contributed by atoms with Crippen LogP contribution in [0.2, 0.25) is 0 Å². The Morgan fingerprint density at radius 1 is 1.33 bits per heavy atom. The summed E-state index contributed by atoms with van der Waals surface area (Å²) in [4.78, 5) is 28.2. The van der Waals surface area contributed by atoms with Crippen molar-refractivity contribution in [1.82, 2.24) is 20.4 Å². The summed E-state index contributed by atoms with van der Waals surface area (Å²) in [6.07, 6.45) is 4.18.